The number of fused-ring (bicyclic) bond motifs is 1. The maximum atomic E-state index is 11.4. The van der Waals surface area contributed by atoms with E-state index in [0.717, 1.165) is 4.90 Å². The van der Waals surface area contributed by atoms with Crippen molar-refractivity contribution in [2.24, 2.45) is 0 Å². The molecular weight excluding hydrogens is 250 g/mol. The van der Waals surface area contributed by atoms with Crippen LogP contribution in [-0.2, 0) is 9.59 Å². The van der Waals surface area contributed by atoms with Crippen LogP contribution in [0.4, 0.5) is 11.4 Å². The molecule has 1 aliphatic heterocycles. The average molecular weight is 261 g/mol. The maximum absolute atomic E-state index is 11.4. The number of anilines is 2. The van der Waals surface area contributed by atoms with Gasteiger partial charge in [0.15, 0.2) is 0 Å². The molecule has 2 N–H and O–H groups in total. The Labute approximate surface area is 109 Å². The molecule has 0 spiro atoms. The molecule has 1 aromatic carbocycles. The summed E-state index contributed by atoms with van der Waals surface area (Å²) in [6.07, 6.45) is 0.373. The SMILES string of the molecule is N#CCCC(=O)Nc1ccc2c(c1)NC(=O)CS2. The van der Waals surface area contributed by atoms with Crippen LogP contribution in [0.15, 0.2) is 23.1 Å². The third-order valence-electron chi connectivity index (χ3n) is 2.36. The number of nitrogens with one attached hydrogen (secondary N) is 2. The largest absolute Gasteiger partial charge is 0.326 e. The van der Waals surface area contributed by atoms with Gasteiger partial charge >= 0.3 is 0 Å². The molecule has 1 aliphatic rings. The summed E-state index contributed by atoms with van der Waals surface area (Å²) in [7, 11) is 0. The van der Waals surface area contributed by atoms with Gasteiger partial charge in [0.2, 0.25) is 11.8 Å². The topological polar surface area (TPSA) is 82.0 Å². The Hall–Kier alpha value is -2.00. The van der Waals surface area contributed by atoms with E-state index in [4.69, 9.17) is 5.26 Å². The summed E-state index contributed by atoms with van der Waals surface area (Å²) in [6, 6.07) is 7.29. The van der Waals surface area contributed by atoms with Gasteiger partial charge in [-0.1, -0.05) is 0 Å². The van der Waals surface area contributed by atoms with Crippen molar-refractivity contribution in [1.82, 2.24) is 0 Å². The summed E-state index contributed by atoms with van der Waals surface area (Å²) in [4.78, 5) is 23.7. The van der Waals surface area contributed by atoms with Crippen molar-refractivity contribution in [2.75, 3.05) is 16.4 Å². The number of benzene rings is 1. The molecule has 6 heteroatoms. The number of carbonyl (C=O) groups is 2. The summed E-state index contributed by atoms with van der Waals surface area (Å²) in [5, 5.41) is 13.8. The molecule has 0 aromatic heterocycles. The van der Waals surface area contributed by atoms with Crippen LogP contribution in [0.25, 0.3) is 0 Å². The quantitative estimate of drug-likeness (QED) is 0.871. The second-order valence-corrected chi connectivity index (χ2v) is 4.77. The van der Waals surface area contributed by atoms with Crippen molar-refractivity contribution in [3.63, 3.8) is 0 Å². The fraction of sp³-hybridized carbons (Fsp3) is 0.250. The highest BCUT2D eigenvalue weighted by Crippen LogP contribution is 2.33. The zero-order valence-electron chi connectivity index (χ0n) is 9.53. The third kappa shape index (κ3) is 3.02. The van der Waals surface area contributed by atoms with Gasteiger partial charge in [-0.3, -0.25) is 9.59 Å². The number of rotatable bonds is 3. The fourth-order valence-corrected chi connectivity index (χ4v) is 2.34. The van der Waals surface area contributed by atoms with E-state index in [0.29, 0.717) is 17.1 Å². The van der Waals surface area contributed by atoms with Crippen molar-refractivity contribution in [3.05, 3.63) is 18.2 Å². The highest BCUT2D eigenvalue weighted by molar-refractivity contribution is 8.00. The minimum atomic E-state index is -0.203. The van der Waals surface area contributed by atoms with Gasteiger partial charge in [0.05, 0.1) is 17.5 Å². The first kappa shape index (κ1) is 12.5. The van der Waals surface area contributed by atoms with Crippen LogP contribution in [0, 0.1) is 11.3 Å². The van der Waals surface area contributed by atoms with Crippen LogP contribution in [0.2, 0.25) is 0 Å². The van der Waals surface area contributed by atoms with E-state index in [2.05, 4.69) is 10.6 Å². The van der Waals surface area contributed by atoms with Gasteiger partial charge in [-0.15, -0.1) is 11.8 Å². The van der Waals surface area contributed by atoms with Gasteiger partial charge in [-0.25, -0.2) is 0 Å². The molecule has 5 nitrogen and oxygen atoms in total. The smallest absolute Gasteiger partial charge is 0.234 e. The lowest BCUT2D eigenvalue weighted by Gasteiger charge is -2.17. The Morgan fingerprint density at radius 2 is 2.39 bits per heavy atom. The highest BCUT2D eigenvalue weighted by Gasteiger charge is 2.15. The minimum Gasteiger partial charge on any atom is -0.326 e. The van der Waals surface area contributed by atoms with Gasteiger partial charge in [0.25, 0.3) is 0 Å². The van der Waals surface area contributed by atoms with E-state index in [-0.39, 0.29) is 24.7 Å². The van der Waals surface area contributed by atoms with E-state index in [1.165, 1.54) is 11.8 Å². The molecule has 0 saturated carbocycles. The molecule has 0 radical (unpaired) electrons. The summed E-state index contributed by atoms with van der Waals surface area (Å²) in [5.74, 6) is 0.174. The Balaban J connectivity index is 2.07. The van der Waals surface area contributed by atoms with Gasteiger partial charge in [0.1, 0.15) is 0 Å². The first-order chi connectivity index (χ1) is 8.69. The second kappa shape index (κ2) is 5.56. The predicted molar refractivity (Wildman–Crippen MR) is 69.3 cm³/mol. The lowest BCUT2D eigenvalue weighted by atomic mass is 10.2. The van der Waals surface area contributed by atoms with E-state index in [1.807, 2.05) is 12.1 Å². The highest BCUT2D eigenvalue weighted by atomic mass is 32.2. The van der Waals surface area contributed by atoms with E-state index in [9.17, 15) is 9.59 Å². The van der Waals surface area contributed by atoms with Crippen LogP contribution in [-0.4, -0.2) is 17.6 Å². The van der Waals surface area contributed by atoms with Crippen LogP contribution in [0.5, 0.6) is 0 Å². The van der Waals surface area contributed by atoms with Crippen molar-refractivity contribution < 1.29 is 9.59 Å². The number of carbonyl (C=O) groups excluding carboxylic acids is 2. The molecule has 18 heavy (non-hydrogen) atoms. The normalized spacial score (nSPS) is 13.2. The second-order valence-electron chi connectivity index (χ2n) is 3.75. The first-order valence-electron chi connectivity index (χ1n) is 5.42. The standard InChI is InChI=1S/C12H11N3O2S/c13-5-1-2-11(16)14-8-3-4-10-9(6-8)15-12(17)7-18-10/h3-4,6H,1-2,7H2,(H,14,16)(H,15,17). The number of nitriles is 1. The Bertz CT molecular complexity index is 537. The summed E-state index contributed by atoms with van der Waals surface area (Å²) in [5.41, 5.74) is 1.34. The van der Waals surface area contributed by atoms with Crippen LogP contribution in [0.1, 0.15) is 12.8 Å². The molecule has 2 rings (SSSR count). The van der Waals surface area contributed by atoms with Crippen molar-refractivity contribution in [1.29, 1.82) is 5.26 Å². The van der Waals surface area contributed by atoms with Crippen LogP contribution in [0.3, 0.4) is 0 Å². The van der Waals surface area contributed by atoms with E-state index < -0.39 is 0 Å². The van der Waals surface area contributed by atoms with Gasteiger partial charge < -0.3 is 10.6 Å². The zero-order chi connectivity index (χ0) is 13.0. The molecule has 0 atom stereocenters. The lowest BCUT2D eigenvalue weighted by Crippen LogP contribution is -2.19. The number of hydrogen-bond acceptors (Lipinski definition) is 4. The molecule has 92 valence electrons. The van der Waals surface area contributed by atoms with Crippen LogP contribution >= 0.6 is 11.8 Å². The zero-order valence-corrected chi connectivity index (χ0v) is 10.3. The Kier molecular flexibility index (Phi) is 3.85. The van der Waals surface area contributed by atoms with Gasteiger partial charge in [-0.05, 0) is 18.2 Å². The van der Waals surface area contributed by atoms with Crippen molar-refractivity contribution in [3.8, 4) is 6.07 Å². The molecule has 0 aliphatic carbocycles. The molecule has 0 unspecified atom stereocenters. The molecule has 1 aromatic rings. The Morgan fingerprint density at radius 1 is 1.56 bits per heavy atom. The van der Waals surface area contributed by atoms with Crippen LogP contribution < -0.4 is 10.6 Å². The molecule has 2 amide bonds. The van der Waals surface area contributed by atoms with Gasteiger partial charge in [-0.2, -0.15) is 5.26 Å². The third-order valence-corrected chi connectivity index (χ3v) is 3.43. The van der Waals surface area contributed by atoms with Gasteiger partial charge in [0, 0.05) is 23.4 Å². The predicted octanol–water partition coefficient (Wildman–Crippen LogP) is 1.97. The Morgan fingerprint density at radius 3 is 3.17 bits per heavy atom. The molecular formula is C12H11N3O2S. The molecule has 0 saturated heterocycles. The van der Waals surface area contributed by atoms with Crippen molar-refractivity contribution >= 4 is 35.0 Å². The number of hydrogen-bond donors (Lipinski definition) is 2. The summed E-state index contributed by atoms with van der Waals surface area (Å²) >= 11 is 1.47. The van der Waals surface area contributed by atoms with Crippen molar-refractivity contribution in [2.45, 2.75) is 17.7 Å². The summed E-state index contributed by atoms with van der Waals surface area (Å²) < 4.78 is 0. The van der Waals surface area contributed by atoms with E-state index in [1.54, 1.807) is 12.1 Å². The number of thioether (sulfide) groups is 1. The van der Waals surface area contributed by atoms with E-state index >= 15 is 0 Å². The average Bonchev–Trinajstić information content (AvgIpc) is 2.36. The molecule has 0 bridgehead atoms. The lowest BCUT2D eigenvalue weighted by molar-refractivity contribution is -0.116. The maximum Gasteiger partial charge on any atom is 0.234 e. The monoisotopic (exact) mass is 261 g/mol. The fourth-order valence-electron chi connectivity index (χ4n) is 1.55. The summed E-state index contributed by atoms with van der Waals surface area (Å²) in [6.45, 7) is 0. The first-order valence-corrected chi connectivity index (χ1v) is 6.41. The minimum absolute atomic E-state index is 0.0412. The molecule has 0 fully saturated rings. The molecule has 1 heterocycles. The number of nitrogens with zero attached hydrogens (tertiary/aromatic N) is 1. The number of amides is 2.